The third-order valence-corrected chi connectivity index (χ3v) is 1.96. The van der Waals surface area contributed by atoms with Crippen LogP contribution in [0.15, 0.2) is 8.71 Å². The molecule has 0 atom stereocenters. The molecule has 0 fully saturated rings. The van der Waals surface area contributed by atoms with Crippen LogP contribution in [0, 0.1) is 0 Å². The molecule has 37 valence electrons. The summed E-state index contributed by atoms with van der Waals surface area (Å²) in [5.41, 5.74) is 0. The van der Waals surface area contributed by atoms with Gasteiger partial charge in [-0.15, -0.1) is 0 Å². The molecule has 0 aromatic heterocycles. The molecule has 1 rings (SSSR count). The second kappa shape index (κ2) is 3.22. The Morgan fingerprint density at radius 1 is 1.57 bits per heavy atom. The first kappa shape index (κ1) is 5.32. The second-order valence-electron chi connectivity index (χ2n) is 1.44. The summed E-state index contributed by atoms with van der Waals surface area (Å²) >= 11 is -0.0903. The van der Waals surface area contributed by atoms with E-state index in [9.17, 15) is 0 Å². The van der Waals surface area contributed by atoms with Crippen LogP contribution in [0.25, 0.3) is 0 Å². The van der Waals surface area contributed by atoms with Gasteiger partial charge in [-0.2, -0.15) is 0 Å². The third-order valence-electron chi connectivity index (χ3n) is 0.826. The summed E-state index contributed by atoms with van der Waals surface area (Å²) in [6, 6.07) is 0. The molecule has 0 unspecified atom stereocenters. The molecule has 2 nitrogen and oxygen atoms in total. The Bertz CT molecular complexity index is 85.9. The summed E-state index contributed by atoms with van der Waals surface area (Å²) in [4.78, 5) is 0. The molecule has 0 saturated heterocycles. The van der Waals surface area contributed by atoms with Crippen molar-refractivity contribution in [2.24, 2.45) is 8.71 Å². The van der Waals surface area contributed by atoms with Crippen molar-refractivity contribution in [1.29, 1.82) is 0 Å². The Kier molecular flexibility index (Phi) is 2.45. The molecule has 1 heterocycles. The molecule has 0 aromatic carbocycles. The fourth-order valence-corrected chi connectivity index (χ4v) is 1.39. The molecule has 0 aliphatic carbocycles. The van der Waals surface area contributed by atoms with Gasteiger partial charge in [0.2, 0.25) is 0 Å². The molecule has 0 amide bonds. The van der Waals surface area contributed by atoms with Crippen LogP contribution in [0.1, 0.15) is 12.8 Å². The van der Waals surface area contributed by atoms with Crippen molar-refractivity contribution in [3.8, 4) is 0 Å². The molecule has 0 bridgehead atoms. The molecule has 3 heteroatoms. The van der Waals surface area contributed by atoms with E-state index in [0.717, 1.165) is 6.54 Å². The minimum atomic E-state index is -0.0903. The number of nitrogens with zero attached hydrogens (tertiary/aromatic N) is 2. The van der Waals surface area contributed by atoms with Crippen LogP contribution in [0.5, 0.6) is 0 Å². The van der Waals surface area contributed by atoms with E-state index in [1.807, 2.05) is 0 Å². The van der Waals surface area contributed by atoms with Crippen molar-refractivity contribution in [3.63, 3.8) is 0 Å². The van der Waals surface area contributed by atoms with E-state index in [-0.39, 0.29) is 18.9 Å². The SMILES string of the molecule is [CH]1=[Ti][N]=NCCC1. The Morgan fingerprint density at radius 2 is 2.57 bits per heavy atom. The summed E-state index contributed by atoms with van der Waals surface area (Å²) in [5, 5.41) is 3.92. The van der Waals surface area contributed by atoms with Gasteiger partial charge in [0.15, 0.2) is 0 Å². The molecule has 0 saturated carbocycles. The molecular formula is C4H7N2Ti. The maximum atomic E-state index is 3.97. The summed E-state index contributed by atoms with van der Waals surface area (Å²) in [6.07, 6.45) is 2.46. The first-order chi connectivity index (χ1) is 3.50. The number of hydrogen-bond acceptors (Lipinski definition) is 2. The van der Waals surface area contributed by atoms with Crippen LogP contribution in [0.4, 0.5) is 0 Å². The van der Waals surface area contributed by atoms with E-state index in [0.29, 0.717) is 0 Å². The van der Waals surface area contributed by atoms with Gasteiger partial charge in [-0.3, -0.25) is 0 Å². The van der Waals surface area contributed by atoms with Crippen LogP contribution in [-0.4, -0.2) is 10.9 Å². The van der Waals surface area contributed by atoms with Crippen LogP contribution < -0.4 is 0 Å². The number of hydrogen-bond donors (Lipinski definition) is 0. The van der Waals surface area contributed by atoms with Crippen LogP contribution >= 0.6 is 0 Å². The van der Waals surface area contributed by atoms with Gasteiger partial charge in [0, 0.05) is 0 Å². The van der Waals surface area contributed by atoms with Crippen molar-refractivity contribution in [1.82, 2.24) is 0 Å². The molecule has 0 N–H and O–H groups in total. The summed E-state index contributed by atoms with van der Waals surface area (Å²) in [5.74, 6) is 0. The molecule has 0 radical (unpaired) electrons. The van der Waals surface area contributed by atoms with Gasteiger partial charge in [0.05, 0.1) is 0 Å². The standard InChI is InChI=1S/C4H7N2.Ti/c1-2-3-4-6-5;/h1H,2-4H2;/q-1;+1. The average molecular weight is 131 g/mol. The van der Waals surface area contributed by atoms with Gasteiger partial charge in [-0.25, -0.2) is 0 Å². The van der Waals surface area contributed by atoms with E-state index in [4.69, 9.17) is 0 Å². The van der Waals surface area contributed by atoms with E-state index >= 15 is 0 Å². The van der Waals surface area contributed by atoms with E-state index in [1.165, 1.54) is 12.8 Å². The molecule has 7 heavy (non-hydrogen) atoms. The van der Waals surface area contributed by atoms with Gasteiger partial charge in [0.1, 0.15) is 0 Å². The molecule has 0 aromatic rings. The average Bonchev–Trinajstić information content (AvgIpc) is 1.90. The van der Waals surface area contributed by atoms with Crippen LogP contribution in [0.3, 0.4) is 0 Å². The maximum absolute atomic E-state index is 3.97. The Balaban J connectivity index is 2.39. The Hall–Kier alpha value is 0.184. The van der Waals surface area contributed by atoms with E-state index in [2.05, 4.69) is 13.0 Å². The van der Waals surface area contributed by atoms with Gasteiger partial charge in [-0.05, 0) is 0 Å². The topological polar surface area (TPSA) is 24.7 Å². The third kappa shape index (κ3) is 2.10. The van der Waals surface area contributed by atoms with Gasteiger partial charge in [-0.1, -0.05) is 0 Å². The normalized spacial score (nSPS) is 18.3. The van der Waals surface area contributed by atoms with Crippen molar-refractivity contribution >= 4 is 4.31 Å². The van der Waals surface area contributed by atoms with Crippen molar-refractivity contribution in [2.75, 3.05) is 6.54 Å². The Morgan fingerprint density at radius 3 is 3.57 bits per heavy atom. The predicted molar refractivity (Wildman–Crippen MR) is 25.0 cm³/mol. The monoisotopic (exact) mass is 131 g/mol. The van der Waals surface area contributed by atoms with Crippen LogP contribution in [0.2, 0.25) is 0 Å². The zero-order chi connectivity index (χ0) is 4.95. The first-order valence-corrected chi connectivity index (χ1v) is 4.04. The zero-order valence-electron chi connectivity index (χ0n) is 4.09. The van der Waals surface area contributed by atoms with Crippen molar-refractivity contribution in [2.45, 2.75) is 12.8 Å². The molecule has 1 aliphatic rings. The quantitative estimate of drug-likeness (QED) is 0.438. The summed E-state index contributed by atoms with van der Waals surface area (Å²) in [6.45, 7) is 0.958. The zero-order valence-corrected chi connectivity index (χ0v) is 5.65. The van der Waals surface area contributed by atoms with E-state index in [1.54, 1.807) is 0 Å². The van der Waals surface area contributed by atoms with Crippen molar-refractivity contribution < 1.29 is 18.9 Å². The second-order valence-corrected chi connectivity index (χ2v) is 2.79. The summed E-state index contributed by atoms with van der Waals surface area (Å²) < 4.78 is 6.25. The fraction of sp³-hybridized carbons (Fsp3) is 0.750. The minimum absolute atomic E-state index is 0.0903. The Labute approximate surface area is 51.8 Å². The van der Waals surface area contributed by atoms with Crippen molar-refractivity contribution in [3.05, 3.63) is 0 Å². The first-order valence-electron chi connectivity index (χ1n) is 2.44. The van der Waals surface area contributed by atoms with Gasteiger partial charge >= 0.3 is 51.4 Å². The number of rotatable bonds is 0. The van der Waals surface area contributed by atoms with Crippen LogP contribution in [-0.2, 0) is 18.9 Å². The van der Waals surface area contributed by atoms with Gasteiger partial charge < -0.3 is 0 Å². The molecule has 1 aliphatic heterocycles. The molecular weight excluding hydrogens is 124 g/mol. The predicted octanol–water partition coefficient (Wildman–Crippen LogP) is 1.03. The molecule has 0 spiro atoms. The fourth-order valence-electron chi connectivity index (χ4n) is 0.460. The van der Waals surface area contributed by atoms with E-state index < -0.39 is 0 Å². The van der Waals surface area contributed by atoms with Gasteiger partial charge in [0.25, 0.3) is 0 Å². The summed E-state index contributed by atoms with van der Waals surface area (Å²) in [7, 11) is 0.